The standard InChI is InChI=1S/C20H33NS2/c1-6-10-16(2)22-17(3)23-20(4,5)15-21-14-9-12-18-11-7-8-13-19(18)21/h6,10,18-19H,1,3,7-9,11-15H2,2,4-5H3. The van der Waals surface area contributed by atoms with Crippen LogP contribution in [0, 0.1) is 5.92 Å². The van der Waals surface area contributed by atoms with E-state index < -0.39 is 0 Å². The molecule has 1 aliphatic carbocycles. The third-order valence-electron chi connectivity index (χ3n) is 4.96. The molecule has 0 radical (unpaired) electrons. The minimum Gasteiger partial charge on any atom is -0.299 e. The molecule has 0 amide bonds. The molecule has 1 heterocycles. The molecule has 1 aliphatic heterocycles. The maximum atomic E-state index is 4.27. The SMILES string of the molecule is C=CC=C(C)SC(=C)SC(C)(C)CN1CCCC2CCCCC21. The summed E-state index contributed by atoms with van der Waals surface area (Å²) in [6, 6.07) is 0.848. The fourth-order valence-corrected chi connectivity index (χ4v) is 6.76. The van der Waals surface area contributed by atoms with Crippen molar-refractivity contribution < 1.29 is 0 Å². The smallest absolute Gasteiger partial charge is 0.0380 e. The zero-order valence-corrected chi connectivity index (χ0v) is 16.8. The van der Waals surface area contributed by atoms with Crippen molar-refractivity contribution in [1.29, 1.82) is 0 Å². The maximum Gasteiger partial charge on any atom is 0.0380 e. The first-order chi connectivity index (χ1) is 10.9. The highest BCUT2D eigenvalue weighted by molar-refractivity contribution is 8.24. The minimum absolute atomic E-state index is 0.220. The zero-order chi connectivity index (χ0) is 16.9. The molecular weight excluding hydrogens is 318 g/mol. The van der Waals surface area contributed by atoms with Gasteiger partial charge in [0.25, 0.3) is 0 Å². The molecule has 3 heteroatoms. The minimum atomic E-state index is 0.220. The average Bonchev–Trinajstić information content (AvgIpc) is 2.46. The highest BCUT2D eigenvalue weighted by Crippen LogP contribution is 2.42. The first kappa shape index (κ1) is 19.2. The van der Waals surface area contributed by atoms with Crippen LogP contribution in [0.5, 0.6) is 0 Å². The second-order valence-electron chi connectivity index (χ2n) is 7.57. The Morgan fingerprint density at radius 3 is 2.65 bits per heavy atom. The van der Waals surface area contributed by atoms with Crippen molar-refractivity contribution in [2.75, 3.05) is 13.1 Å². The van der Waals surface area contributed by atoms with Crippen molar-refractivity contribution >= 4 is 23.5 Å². The van der Waals surface area contributed by atoms with E-state index in [9.17, 15) is 0 Å². The normalized spacial score (nSPS) is 26.7. The Hall–Kier alpha value is -0.120. The molecule has 130 valence electrons. The fourth-order valence-electron chi connectivity index (χ4n) is 4.15. The van der Waals surface area contributed by atoms with E-state index in [1.165, 1.54) is 60.8 Å². The molecule has 0 N–H and O–H groups in total. The van der Waals surface area contributed by atoms with Gasteiger partial charge in [0.15, 0.2) is 0 Å². The Bertz CT molecular complexity index is 451. The van der Waals surface area contributed by atoms with Gasteiger partial charge in [0.2, 0.25) is 0 Å². The van der Waals surface area contributed by atoms with Crippen LogP contribution in [0.25, 0.3) is 0 Å². The van der Waals surface area contributed by atoms with Crippen LogP contribution in [0.1, 0.15) is 59.3 Å². The monoisotopic (exact) mass is 351 g/mol. The lowest BCUT2D eigenvalue weighted by Gasteiger charge is -2.46. The lowest BCUT2D eigenvalue weighted by molar-refractivity contribution is 0.0557. The summed E-state index contributed by atoms with van der Waals surface area (Å²) in [6.07, 6.45) is 12.5. The lowest BCUT2D eigenvalue weighted by Crippen LogP contribution is -2.50. The summed E-state index contributed by atoms with van der Waals surface area (Å²) in [5, 5.41) is 0. The molecule has 2 fully saturated rings. The quantitative estimate of drug-likeness (QED) is 0.485. The van der Waals surface area contributed by atoms with Crippen molar-refractivity contribution in [2.24, 2.45) is 5.92 Å². The number of allylic oxidation sites excluding steroid dienone is 3. The van der Waals surface area contributed by atoms with E-state index in [2.05, 4.69) is 44.9 Å². The number of rotatable bonds is 7. The Morgan fingerprint density at radius 2 is 1.91 bits per heavy atom. The molecule has 1 nitrogen and oxygen atoms in total. The Balaban J connectivity index is 1.90. The molecular formula is C20H33NS2. The summed E-state index contributed by atoms with van der Waals surface area (Å²) < 4.78 is 1.42. The van der Waals surface area contributed by atoms with E-state index in [-0.39, 0.29) is 4.75 Å². The second-order valence-corrected chi connectivity index (χ2v) is 11.0. The third-order valence-corrected chi connectivity index (χ3v) is 7.05. The van der Waals surface area contributed by atoms with Gasteiger partial charge in [0.05, 0.1) is 0 Å². The number of hydrogen-bond donors (Lipinski definition) is 0. The van der Waals surface area contributed by atoms with Gasteiger partial charge in [-0.15, -0.1) is 11.8 Å². The molecule has 1 saturated carbocycles. The first-order valence-corrected chi connectivity index (χ1v) is 10.6. The average molecular weight is 352 g/mol. The fraction of sp³-hybridized carbons (Fsp3) is 0.700. The molecule has 0 aromatic heterocycles. The molecule has 2 rings (SSSR count). The molecule has 0 aromatic rings. The van der Waals surface area contributed by atoms with Crippen LogP contribution in [0.2, 0.25) is 0 Å². The van der Waals surface area contributed by atoms with Gasteiger partial charge in [-0.2, -0.15) is 0 Å². The van der Waals surface area contributed by atoms with Gasteiger partial charge in [-0.1, -0.05) is 49.9 Å². The van der Waals surface area contributed by atoms with E-state index in [0.29, 0.717) is 0 Å². The largest absolute Gasteiger partial charge is 0.299 e. The predicted molar refractivity (Wildman–Crippen MR) is 109 cm³/mol. The van der Waals surface area contributed by atoms with Gasteiger partial charge < -0.3 is 0 Å². The number of likely N-dealkylation sites (tertiary alicyclic amines) is 1. The van der Waals surface area contributed by atoms with Gasteiger partial charge in [-0.3, -0.25) is 4.90 Å². The van der Waals surface area contributed by atoms with Crippen LogP contribution in [-0.2, 0) is 0 Å². The van der Waals surface area contributed by atoms with Crippen LogP contribution in [0.3, 0.4) is 0 Å². The van der Waals surface area contributed by atoms with Crippen LogP contribution >= 0.6 is 23.5 Å². The Morgan fingerprint density at radius 1 is 1.22 bits per heavy atom. The van der Waals surface area contributed by atoms with Crippen molar-refractivity contribution in [3.8, 4) is 0 Å². The van der Waals surface area contributed by atoms with Crippen LogP contribution in [-0.4, -0.2) is 28.8 Å². The molecule has 0 aromatic carbocycles. The summed E-state index contributed by atoms with van der Waals surface area (Å²) in [5.74, 6) is 0.966. The Kier molecular flexibility index (Phi) is 7.37. The van der Waals surface area contributed by atoms with Gasteiger partial charge in [0, 0.05) is 21.6 Å². The van der Waals surface area contributed by atoms with Crippen LogP contribution < -0.4 is 0 Å². The molecule has 2 unspecified atom stereocenters. The number of hydrogen-bond acceptors (Lipinski definition) is 3. The van der Waals surface area contributed by atoms with E-state index in [1.54, 1.807) is 11.8 Å². The van der Waals surface area contributed by atoms with Gasteiger partial charge in [0.1, 0.15) is 0 Å². The van der Waals surface area contributed by atoms with Crippen molar-refractivity contribution in [1.82, 2.24) is 4.90 Å². The van der Waals surface area contributed by atoms with Crippen LogP contribution in [0.15, 0.2) is 34.5 Å². The van der Waals surface area contributed by atoms with Gasteiger partial charge in [-0.05, 0) is 63.8 Å². The molecule has 2 atom stereocenters. The highest BCUT2D eigenvalue weighted by Gasteiger charge is 2.36. The summed E-state index contributed by atoms with van der Waals surface area (Å²) in [7, 11) is 0. The van der Waals surface area contributed by atoms with E-state index in [4.69, 9.17) is 0 Å². The topological polar surface area (TPSA) is 3.24 Å². The van der Waals surface area contributed by atoms with E-state index in [1.807, 2.05) is 17.8 Å². The summed E-state index contributed by atoms with van der Waals surface area (Å²) >= 11 is 3.72. The van der Waals surface area contributed by atoms with Crippen molar-refractivity contribution in [3.05, 3.63) is 34.5 Å². The van der Waals surface area contributed by atoms with Gasteiger partial charge >= 0.3 is 0 Å². The summed E-state index contributed by atoms with van der Waals surface area (Å²) in [4.78, 5) is 4.06. The number of fused-ring (bicyclic) bond motifs is 1. The Labute approximate surface area is 152 Å². The second kappa shape index (κ2) is 8.82. The number of nitrogens with zero attached hydrogens (tertiary/aromatic N) is 1. The maximum absolute atomic E-state index is 4.27. The highest BCUT2D eigenvalue weighted by atomic mass is 32.2. The van der Waals surface area contributed by atoms with Gasteiger partial charge in [-0.25, -0.2) is 0 Å². The molecule has 23 heavy (non-hydrogen) atoms. The third kappa shape index (κ3) is 6.03. The summed E-state index contributed by atoms with van der Waals surface area (Å²) in [5.41, 5.74) is 0. The molecule has 0 spiro atoms. The zero-order valence-electron chi connectivity index (χ0n) is 15.1. The van der Waals surface area contributed by atoms with Crippen molar-refractivity contribution in [3.63, 3.8) is 0 Å². The van der Waals surface area contributed by atoms with Crippen LogP contribution in [0.4, 0.5) is 0 Å². The van der Waals surface area contributed by atoms with Crippen molar-refractivity contribution in [2.45, 2.75) is 70.1 Å². The number of thioether (sulfide) groups is 2. The molecule has 1 saturated heterocycles. The molecule has 0 bridgehead atoms. The van der Waals surface area contributed by atoms with E-state index in [0.717, 1.165) is 12.0 Å². The number of piperidine rings is 1. The predicted octanol–water partition coefficient (Wildman–Crippen LogP) is 6.45. The van der Waals surface area contributed by atoms with E-state index >= 15 is 0 Å². The first-order valence-electron chi connectivity index (χ1n) is 9.00. The molecule has 2 aliphatic rings. The lowest BCUT2D eigenvalue weighted by atomic mass is 9.78. The summed E-state index contributed by atoms with van der Waals surface area (Å²) in [6.45, 7) is 17.4.